The number of aromatic nitrogens is 3. The van der Waals surface area contributed by atoms with Crippen LogP contribution in [0.1, 0.15) is 26.5 Å². The first-order chi connectivity index (χ1) is 6.96. The first-order valence-electron chi connectivity index (χ1n) is 4.95. The summed E-state index contributed by atoms with van der Waals surface area (Å²) in [4.78, 5) is 4.20. The molecule has 0 aromatic carbocycles. The lowest BCUT2D eigenvalue weighted by Crippen LogP contribution is -2.23. The van der Waals surface area contributed by atoms with Gasteiger partial charge >= 0.3 is 0 Å². The molecule has 2 aromatic heterocycles. The molecule has 0 spiro atoms. The minimum absolute atomic E-state index is 0.224. The van der Waals surface area contributed by atoms with Crippen molar-refractivity contribution >= 4 is 10.9 Å². The van der Waals surface area contributed by atoms with Crippen LogP contribution in [0.25, 0.3) is 10.9 Å². The summed E-state index contributed by atoms with van der Waals surface area (Å²) in [5.41, 5.74) is 1.68. The van der Waals surface area contributed by atoms with Crippen LogP contribution in [-0.4, -0.2) is 20.8 Å². The number of H-pyrrole nitrogens is 1. The van der Waals surface area contributed by atoms with Gasteiger partial charge in [0.25, 0.3) is 0 Å². The molecule has 0 saturated carbocycles. The van der Waals surface area contributed by atoms with E-state index in [-0.39, 0.29) is 5.60 Å². The summed E-state index contributed by atoms with van der Waals surface area (Å²) in [6.07, 6.45) is 1.72. The quantitative estimate of drug-likeness (QED) is 0.778. The number of rotatable bonds is 1. The van der Waals surface area contributed by atoms with Crippen LogP contribution in [0, 0.1) is 6.92 Å². The minimum atomic E-state index is -0.224. The monoisotopic (exact) mass is 205 g/mol. The Labute approximate surface area is 88.7 Å². The van der Waals surface area contributed by atoms with Gasteiger partial charge < -0.3 is 4.74 Å². The van der Waals surface area contributed by atoms with Crippen molar-refractivity contribution in [2.45, 2.75) is 33.3 Å². The van der Waals surface area contributed by atoms with E-state index < -0.39 is 0 Å². The Morgan fingerprint density at radius 3 is 2.73 bits per heavy atom. The third-order valence-electron chi connectivity index (χ3n) is 2.02. The van der Waals surface area contributed by atoms with Crippen LogP contribution in [-0.2, 0) is 0 Å². The molecule has 0 fully saturated rings. The Morgan fingerprint density at radius 2 is 2.07 bits per heavy atom. The van der Waals surface area contributed by atoms with Crippen molar-refractivity contribution in [1.29, 1.82) is 0 Å². The highest BCUT2D eigenvalue weighted by atomic mass is 16.5. The fourth-order valence-electron chi connectivity index (χ4n) is 1.39. The highest BCUT2D eigenvalue weighted by Crippen LogP contribution is 2.21. The maximum atomic E-state index is 5.68. The molecular weight excluding hydrogens is 190 g/mol. The lowest BCUT2D eigenvalue weighted by atomic mass is 10.2. The zero-order valence-electron chi connectivity index (χ0n) is 9.46. The summed E-state index contributed by atoms with van der Waals surface area (Å²) < 4.78 is 5.68. The molecule has 0 saturated heterocycles. The number of ether oxygens (including phenoxy) is 1. The van der Waals surface area contributed by atoms with Crippen LogP contribution in [0.5, 0.6) is 5.88 Å². The first-order valence-corrected chi connectivity index (χ1v) is 4.95. The SMILES string of the molecule is Cc1[nH]nc2cnc(OC(C)(C)C)cc12. The molecule has 0 amide bonds. The molecule has 0 bridgehead atoms. The van der Waals surface area contributed by atoms with E-state index in [0.717, 1.165) is 16.6 Å². The zero-order chi connectivity index (χ0) is 11.1. The first kappa shape index (κ1) is 9.96. The molecule has 4 nitrogen and oxygen atoms in total. The Morgan fingerprint density at radius 1 is 1.33 bits per heavy atom. The second kappa shape index (κ2) is 3.22. The third kappa shape index (κ3) is 2.09. The van der Waals surface area contributed by atoms with Crippen LogP contribution in [0.15, 0.2) is 12.3 Å². The molecule has 4 heteroatoms. The van der Waals surface area contributed by atoms with Crippen LogP contribution >= 0.6 is 0 Å². The molecule has 80 valence electrons. The van der Waals surface area contributed by atoms with E-state index in [1.54, 1.807) is 6.20 Å². The standard InChI is InChI=1S/C11H15N3O/c1-7-8-5-10(15-11(2,3)4)12-6-9(8)14-13-7/h5-6H,1-4H3,(H,13,14). The van der Waals surface area contributed by atoms with Crippen LogP contribution in [0.3, 0.4) is 0 Å². The summed E-state index contributed by atoms with van der Waals surface area (Å²) in [5.74, 6) is 0.638. The molecule has 0 unspecified atom stereocenters. The number of hydrogen-bond acceptors (Lipinski definition) is 3. The predicted molar refractivity (Wildman–Crippen MR) is 59.0 cm³/mol. The van der Waals surface area contributed by atoms with Gasteiger partial charge in [0, 0.05) is 17.1 Å². The van der Waals surface area contributed by atoms with Gasteiger partial charge in [0.2, 0.25) is 5.88 Å². The third-order valence-corrected chi connectivity index (χ3v) is 2.02. The van der Waals surface area contributed by atoms with E-state index in [9.17, 15) is 0 Å². The van der Waals surface area contributed by atoms with E-state index in [2.05, 4.69) is 15.2 Å². The van der Waals surface area contributed by atoms with Crippen molar-refractivity contribution in [1.82, 2.24) is 15.2 Å². The molecule has 0 aliphatic heterocycles. The molecule has 0 atom stereocenters. The van der Waals surface area contributed by atoms with Crippen molar-refractivity contribution in [3.63, 3.8) is 0 Å². The van der Waals surface area contributed by atoms with E-state index in [1.165, 1.54) is 0 Å². The maximum Gasteiger partial charge on any atom is 0.214 e. The van der Waals surface area contributed by atoms with E-state index in [0.29, 0.717) is 5.88 Å². The number of aryl methyl sites for hydroxylation is 1. The van der Waals surface area contributed by atoms with Crippen molar-refractivity contribution in [2.75, 3.05) is 0 Å². The van der Waals surface area contributed by atoms with Crippen LogP contribution in [0.4, 0.5) is 0 Å². The summed E-state index contributed by atoms with van der Waals surface area (Å²) in [7, 11) is 0. The predicted octanol–water partition coefficient (Wildman–Crippen LogP) is 2.44. The topological polar surface area (TPSA) is 50.8 Å². The van der Waals surface area contributed by atoms with Gasteiger partial charge in [-0.3, -0.25) is 5.10 Å². The summed E-state index contributed by atoms with van der Waals surface area (Å²) in [6, 6.07) is 1.92. The average molecular weight is 205 g/mol. The maximum absolute atomic E-state index is 5.68. The van der Waals surface area contributed by atoms with Gasteiger partial charge in [0.1, 0.15) is 11.1 Å². The smallest absolute Gasteiger partial charge is 0.214 e. The van der Waals surface area contributed by atoms with Crippen molar-refractivity contribution < 1.29 is 4.74 Å². The van der Waals surface area contributed by atoms with Gasteiger partial charge in [-0.1, -0.05) is 0 Å². The molecule has 0 aliphatic carbocycles. The Kier molecular flexibility index (Phi) is 2.14. The van der Waals surface area contributed by atoms with Crippen molar-refractivity contribution in [3.05, 3.63) is 18.0 Å². The summed E-state index contributed by atoms with van der Waals surface area (Å²) in [6.45, 7) is 7.99. The largest absolute Gasteiger partial charge is 0.472 e. The molecular formula is C11H15N3O. The highest BCUT2D eigenvalue weighted by molar-refractivity contribution is 5.81. The molecule has 1 N–H and O–H groups in total. The van der Waals surface area contributed by atoms with Gasteiger partial charge in [0.15, 0.2) is 0 Å². The summed E-state index contributed by atoms with van der Waals surface area (Å²) in [5, 5.41) is 8.09. The number of nitrogens with zero attached hydrogens (tertiary/aromatic N) is 2. The van der Waals surface area contributed by atoms with E-state index in [4.69, 9.17) is 4.74 Å². The Balaban J connectivity index is 2.42. The number of aromatic amines is 1. The van der Waals surface area contributed by atoms with Gasteiger partial charge in [-0.2, -0.15) is 5.10 Å². The molecule has 2 rings (SSSR count). The number of fused-ring (bicyclic) bond motifs is 1. The Hall–Kier alpha value is -1.58. The second-order valence-corrected chi connectivity index (χ2v) is 4.60. The normalized spacial score (nSPS) is 12.0. The van der Waals surface area contributed by atoms with E-state index >= 15 is 0 Å². The van der Waals surface area contributed by atoms with Crippen molar-refractivity contribution in [2.24, 2.45) is 0 Å². The molecule has 0 radical (unpaired) electrons. The van der Waals surface area contributed by atoms with Gasteiger partial charge in [-0.05, 0) is 27.7 Å². The second-order valence-electron chi connectivity index (χ2n) is 4.60. The number of pyridine rings is 1. The van der Waals surface area contributed by atoms with Crippen molar-refractivity contribution in [3.8, 4) is 5.88 Å². The highest BCUT2D eigenvalue weighted by Gasteiger charge is 2.13. The minimum Gasteiger partial charge on any atom is -0.472 e. The van der Waals surface area contributed by atoms with Crippen LogP contribution in [0.2, 0.25) is 0 Å². The fraction of sp³-hybridized carbons (Fsp3) is 0.455. The van der Waals surface area contributed by atoms with Gasteiger partial charge in [0.05, 0.1) is 6.20 Å². The number of nitrogens with one attached hydrogen (secondary N) is 1. The molecule has 2 aromatic rings. The Bertz CT molecular complexity index is 482. The van der Waals surface area contributed by atoms with E-state index in [1.807, 2.05) is 33.8 Å². The molecule has 2 heterocycles. The number of hydrogen-bond donors (Lipinski definition) is 1. The van der Waals surface area contributed by atoms with Crippen LogP contribution < -0.4 is 4.74 Å². The van der Waals surface area contributed by atoms with Gasteiger partial charge in [-0.15, -0.1) is 0 Å². The summed E-state index contributed by atoms with van der Waals surface area (Å²) >= 11 is 0. The lowest BCUT2D eigenvalue weighted by Gasteiger charge is -2.20. The average Bonchev–Trinajstić information content (AvgIpc) is 2.45. The molecule has 0 aliphatic rings. The van der Waals surface area contributed by atoms with Gasteiger partial charge in [-0.25, -0.2) is 4.98 Å². The lowest BCUT2D eigenvalue weighted by molar-refractivity contribution is 0.124. The fourth-order valence-corrected chi connectivity index (χ4v) is 1.39. The zero-order valence-corrected chi connectivity index (χ0v) is 9.46. The molecule has 15 heavy (non-hydrogen) atoms.